The van der Waals surface area contributed by atoms with Crippen molar-refractivity contribution in [3.63, 3.8) is 0 Å². The first-order chi connectivity index (χ1) is 13.9. The molecule has 1 aliphatic heterocycles. The van der Waals surface area contributed by atoms with Gasteiger partial charge in [0.1, 0.15) is 5.82 Å². The van der Waals surface area contributed by atoms with Crippen LogP contribution < -0.4 is 4.90 Å². The van der Waals surface area contributed by atoms with E-state index in [1.165, 1.54) is 5.56 Å². The van der Waals surface area contributed by atoms with Crippen molar-refractivity contribution in [3.05, 3.63) is 66.0 Å². The van der Waals surface area contributed by atoms with Gasteiger partial charge in [-0.25, -0.2) is 18.7 Å². The molecule has 4 rings (SSSR count). The molecule has 2 aromatic carbocycles. The van der Waals surface area contributed by atoms with Crippen molar-refractivity contribution in [2.45, 2.75) is 25.0 Å². The highest BCUT2D eigenvalue weighted by Gasteiger charge is 2.37. The minimum atomic E-state index is -2.75. The Labute approximate surface area is 168 Å². The minimum absolute atomic E-state index is 0.308. The second-order valence-corrected chi connectivity index (χ2v) is 7.75. The molecule has 1 aliphatic rings. The van der Waals surface area contributed by atoms with Crippen molar-refractivity contribution in [2.24, 2.45) is 0 Å². The zero-order valence-corrected chi connectivity index (χ0v) is 16.3. The normalized spacial score (nSPS) is 19.9. The second kappa shape index (κ2) is 8.00. The molecule has 152 valence electrons. The summed E-state index contributed by atoms with van der Waals surface area (Å²) in [6, 6.07) is 17.3. The molecule has 1 fully saturated rings. The summed E-state index contributed by atoms with van der Waals surface area (Å²) in [7, 11) is 1.78. The number of aromatic nitrogens is 2. The molecule has 0 aliphatic carbocycles. The Bertz CT molecular complexity index is 985. The molecule has 3 aromatic rings. The van der Waals surface area contributed by atoms with Gasteiger partial charge in [-0.2, -0.15) is 0 Å². The summed E-state index contributed by atoms with van der Waals surface area (Å²) in [6.07, 6.45) is -2.13. The van der Waals surface area contributed by atoms with Crippen LogP contribution in [0.4, 0.5) is 14.6 Å². The molecule has 1 unspecified atom stereocenters. The number of rotatable bonds is 6. The molecular weight excluding hydrogens is 374 g/mol. The standard InChI is InChI=1S/C22H24F2N4O/c1-27(21-17-9-5-6-10-18(17)25-20(26-21)19(23)24)14-22(29)11-12-28(15-22)13-16-7-3-2-4-8-16/h2-10,19,29H,11-15H2,1H3. The Hall–Kier alpha value is -2.64. The number of para-hydroxylation sites is 1. The number of hydrogen-bond donors (Lipinski definition) is 1. The van der Waals surface area contributed by atoms with Crippen LogP contribution >= 0.6 is 0 Å². The number of β-amino-alcohol motifs (C(OH)–C–C–N with tert-alkyl or cyclic N) is 1. The predicted octanol–water partition coefficient (Wildman–Crippen LogP) is 3.64. The largest absolute Gasteiger partial charge is 0.387 e. The Kier molecular flexibility index (Phi) is 5.43. The highest BCUT2D eigenvalue weighted by molar-refractivity contribution is 5.89. The second-order valence-electron chi connectivity index (χ2n) is 7.75. The summed E-state index contributed by atoms with van der Waals surface area (Å²) in [5.41, 5.74) is 0.748. The van der Waals surface area contributed by atoms with E-state index < -0.39 is 17.9 Å². The van der Waals surface area contributed by atoms with Gasteiger partial charge in [-0.05, 0) is 24.1 Å². The van der Waals surface area contributed by atoms with Crippen LogP contribution in [0.1, 0.15) is 24.2 Å². The Morgan fingerprint density at radius 2 is 1.83 bits per heavy atom. The van der Waals surface area contributed by atoms with Gasteiger partial charge < -0.3 is 10.0 Å². The first kappa shape index (κ1) is 19.7. The lowest BCUT2D eigenvalue weighted by atomic mass is 10.0. The molecule has 0 amide bonds. The molecule has 1 aromatic heterocycles. The first-order valence-corrected chi connectivity index (χ1v) is 9.68. The molecule has 0 spiro atoms. The van der Waals surface area contributed by atoms with Gasteiger partial charge in [0.05, 0.1) is 11.1 Å². The van der Waals surface area contributed by atoms with Crippen LogP contribution in [-0.4, -0.2) is 52.3 Å². The molecule has 2 heterocycles. The summed E-state index contributed by atoms with van der Waals surface area (Å²) in [6.45, 7) is 2.39. The van der Waals surface area contributed by atoms with Gasteiger partial charge in [-0.3, -0.25) is 4.90 Å². The van der Waals surface area contributed by atoms with Crippen molar-refractivity contribution in [1.82, 2.24) is 14.9 Å². The monoisotopic (exact) mass is 398 g/mol. The zero-order valence-electron chi connectivity index (χ0n) is 16.3. The molecule has 1 atom stereocenters. The fourth-order valence-corrected chi connectivity index (χ4v) is 4.03. The molecule has 1 saturated heterocycles. The van der Waals surface area contributed by atoms with Crippen LogP contribution in [-0.2, 0) is 6.54 Å². The molecule has 29 heavy (non-hydrogen) atoms. The summed E-state index contributed by atoms with van der Waals surface area (Å²) in [5.74, 6) is -0.0736. The number of likely N-dealkylation sites (tertiary alicyclic amines) is 1. The Balaban J connectivity index is 1.52. The number of nitrogens with zero attached hydrogens (tertiary/aromatic N) is 4. The quantitative estimate of drug-likeness (QED) is 0.687. The Morgan fingerprint density at radius 1 is 1.10 bits per heavy atom. The van der Waals surface area contributed by atoms with Crippen molar-refractivity contribution in [2.75, 3.05) is 31.6 Å². The average Bonchev–Trinajstić information content (AvgIpc) is 3.07. The van der Waals surface area contributed by atoms with Crippen LogP contribution in [0.15, 0.2) is 54.6 Å². The molecule has 0 bridgehead atoms. The van der Waals surface area contributed by atoms with Crippen LogP contribution in [0.25, 0.3) is 10.9 Å². The molecule has 0 radical (unpaired) electrons. The molecule has 5 nitrogen and oxygen atoms in total. The molecule has 7 heteroatoms. The number of hydrogen-bond acceptors (Lipinski definition) is 5. The average molecular weight is 398 g/mol. The van der Waals surface area contributed by atoms with E-state index in [0.29, 0.717) is 36.2 Å². The first-order valence-electron chi connectivity index (χ1n) is 9.68. The lowest BCUT2D eigenvalue weighted by Gasteiger charge is -2.30. The SMILES string of the molecule is CN(CC1(O)CCN(Cc2ccccc2)C1)c1nc(C(F)F)nc2ccccc12. The van der Waals surface area contributed by atoms with Crippen molar-refractivity contribution in [3.8, 4) is 0 Å². The van der Waals surface area contributed by atoms with E-state index in [4.69, 9.17) is 0 Å². The number of alkyl halides is 2. The van der Waals surface area contributed by atoms with E-state index in [9.17, 15) is 13.9 Å². The number of aliphatic hydroxyl groups is 1. The third-order valence-electron chi connectivity index (χ3n) is 5.35. The van der Waals surface area contributed by atoms with Crippen LogP contribution in [0.5, 0.6) is 0 Å². The lowest BCUT2D eigenvalue weighted by Crippen LogP contribution is -2.44. The molecular formula is C22H24F2N4O. The molecule has 1 N–H and O–H groups in total. The predicted molar refractivity (Wildman–Crippen MR) is 109 cm³/mol. The van der Waals surface area contributed by atoms with E-state index in [2.05, 4.69) is 27.0 Å². The maximum Gasteiger partial charge on any atom is 0.297 e. The van der Waals surface area contributed by atoms with E-state index in [1.54, 1.807) is 24.1 Å². The third kappa shape index (κ3) is 4.36. The van der Waals surface area contributed by atoms with Gasteiger partial charge in [-0.15, -0.1) is 0 Å². The van der Waals surface area contributed by atoms with Gasteiger partial charge >= 0.3 is 0 Å². The Morgan fingerprint density at radius 3 is 2.59 bits per heavy atom. The van der Waals surface area contributed by atoms with E-state index >= 15 is 0 Å². The summed E-state index contributed by atoms with van der Waals surface area (Å²) >= 11 is 0. The number of likely N-dealkylation sites (N-methyl/N-ethyl adjacent to an activating group) is 1. The smallest absolute Gasteiger partial charge is 0.297 e. The van der Waals surface area contributed by atoms with E-state index in [1.807, 2.05) is 30.3 Å². The van der Waals surface area contributed by atoms with Crippen LogP contribution in [0, 0.1) is 0 Å². The topological polar surface area (TPSA) is 52.5 Å². The number of fused-ring (bicyclic) bond motifs is 1. The van der Waals surface area contributed by atoms with E-state index in [-0.39, 0.29) is 0 Å². The maximum absolute atomic E-state index is 13.3. The van der Waals surface area contributed by atoms with Gasteiger partial charge in [0.25, 0.3) is 6.43 Å². The van der Waals surface area contributed by atoms with Gasteiger partial charge in [-0.1, -0.05) is 42.5 Å². The van der Waals surface area contributed by atoms with Crippen molar-refractivity contribution >= 4 is 16.7 Å². The van der Waals surface area contributed by atoms with Crippen LogP contribution in [0.3, 0.4) is 0 Å². The molecule has 0 saturated carbocycles. The highest BCUT2D eigenvalue weighted by atomic mass is 19.3. The van der Waals surface area contributed by atoms with Crippen LogP contribution in [0.2, 0.25) is 0 Å². The third-order valence-corrected chi connectivity index (χ3v) is 5.35. The maximum atomic E-state index is 13.3. The van der Waals surface area contributed by atoms with Gasteiger partial charge in [0.15, 0.2) is 5.82 Å². The fourth-order valence-electron chi connectivity index (χ4n) is 4.03. The minimum Gasteiger partial charge on any atom is -0.387 e. The van der Waals surface area contributed by atoms with Gasteiger partial charge in [0.2, 0.25) is 0 Å². The summed E-state index contributed by atoms with van der Waals surface area (Å²) in [4.78, 5) is 12.0. The van der Waals surface area contributed by atoms with Crippen molar-refractivity contribution in [1.29, 1.82) is 0 Å². The number of benzene rings is 2. The summed E-state index contributed by atoms with van der Waals surface area (Å²) < 4.78 is 26.6. The zero-order chi connectivity index (χ0) is 20.4. The highest BCUT2D eigenvalue weighted by Crippen LogP contribution is 2.30. The van der Waals surface area contributed by atoms with E-state index in [0.717, 1.165) is 13.1 Å². The fraction of sp³-hybridized carbons (Fsp3) is 0.364. The lowest BCUT2D eigenvalue weighted by molar-refractivity contribution is 0.0561. The number of halogens is 2. The van der Waals surface area contributed by atoms with Gasteiger partial charge in [0, 0.05) is 38.6 Å². The van der Waals surface area contributed by atoms with Crippen molar-refractivity contribution < 1.29 is 13.9 Å². The number of anilines is 1. The summed E-state index contributed by atoms with van der Waals surface area (Å²) in [5, 5.41) is 11.8.